The quantitative estimate of drug-likeness (QED) is 0.0777. The van der Waals surface area contributed by atoms with Crippen LogP contribution in [0.1, 0.15) is 31.2 Å². The number of halogens is 1. The minimum absolute atomic E-state index is 0.00242. The molecular weight excluding hydrogens is 682 g/mol. The molecule has 2 amide bonds. The number of carbonyl (C=O) groups excluding carboxylic acids is 2. The second-order valence-corrected chi connectivity index (χ2v) is 12.8. The van der Waals surface area contributed by atoms with E-state index in [1.165, 1.54) is 39.6 Å². The number of carbonyl (C=O) groups is 2. The zero-order chi connectivity index (χ0) is 34.0. The lowest BCUT2D eigenvalue weighted by atomic mass is 10.2. The van der Waals surface area contributed by atoms with E-state index in [0.717, 1.165) is 6.07 Å². The summed E-state index contributed by atoms with van der Waals surface area (Å²) in [6.07, 6.45) is 3.76. The summed E-state index contributed by atoms with van der Waals surface area (Å²) in [5.41, 5.74) is 5.75. The Balaban J connectivity index is 2.19. The van der Waals surface area contributed by atoms with Crippen LogP contribution in [0.3, 0.4) is 0 Å². The van der Waals surface area contributed by atoms with E-state index in [0.29, 0.717) is 48.9 Å². The van der Waals surface area contributed by atoms with Crippen molar-refractivity contribution in [2.45, 2.75) is 37.1 Å². The molecule has 0 heterocycles. The molecule has 2 aromatic carbocycles. The summed E-state index contributed by atoms with van der Waals surface area (Å²) in [4.78, 5) is 38.8. The largest absolute Gasteiger partial charge is 0.445 e. The summed E-state index contributed by atoms with van der Waals surface area (Å²) in [6.45, 7) is 8.77. The number of nitro benzene ring substituents is 1. The van der Waals surface area contributed by atoms with Gasteiger partial charge in [0, 0.05) is 49.8 Å². The van der Waals surface area contributed by atoms with Crippen molar-refractivity contribution >= 4 is 43.8 Å². The number of sulfonamides is 1. The van der Waals surface area contributed by atoms with E-state index in [-0.39, 0.29) is 45.8 Å². The molecule has 0 saturated heterocycles. The van der Waals surface area contributed by atoms with Gasteiger partial charge in [-0.15, -0.1) is 0 Å². The number of nitro groups is 1. The Bertz CT molecular complexity index is 1430. The van der Waals surface area contributed by atoms with E-state index in [2.05, 4.69) is 29.1 Å². The number of benzene rings is 2. The summed E-state index contributed by atoms with van der Waals surface area (Å²) >= 11 is 3.45. The molecule has 2 rings (SSSR count). The van der Waals surface area contributed by atoms with Gasteiger partial charge in [-0.2, -0.15) is 4.31 Å². The fourth-order valence-corrected chi connectivity index (χ4v) is 6.45. The van der Waals surface area contributed by atoms with Crippen molar-refractivity contribution in [3.63, 3.8) is 0 Å². The second kappa shape index (κ2) is 20.4. The molecule has 2 aromatic rings. The summed E-state index contributed by atoms with van der Waals surface area (Å²) in [7, 11) is -4.32. The number of unbranched alkanes of at least 4 members (excludes halogenated alkanes) is 1. The Morgan fingerprint density at radius 1 is 0.848 bits per heavy atom. The maximum Gasteiger partial charge on any atom is 0.410 e. The number of para-hydroxylation sites is 1. The van der Waals surface area contributed by atoms with Crippen molar-refractivity contribution in [1.82, 2.24) is 14.1 Å². The molecule has 252 valence electrons. The predicted octanol–water partition coefficient (Wildman–Crippen LogP) is 5.32. The van der Waals surface area contributed by atoms with Crippen LogP contribution in [0.5, 0.6) is 0 Å². The fraction of sp³-hybridized carbons (Fsp3) is 0.419. The Labute approximate surface area is 278 Å². The van der Waals surface area contributed by atoms with Crippen LogP contribution in [0.25, 0.3) is 0 Å². The zero-order valence-electron chi connectivity index (χ0n) is 25.8. The molecule has 13 nitrogen and oxygen atoms in total. The highest BCUT2D eigenvalue weighted by Gasteiger charge is 2.32. The fourth-order valence-electron chi connectivity index (χ4n) is 4.42. The summed E-state index contributed by atoms with van der Waals surface area (Å²) < 4.78 is 39.9. The first kappa shape index (κ1) is 38.4. The molecule has 46 heavy (non-hydrogen) atoms. The summed E-state index contributed by atoms with van der Waals surface area (Å²) in [6, 6.07) is 12.3. The molecular formula is C31H42BrN5O8S. The number of nitrogens with two attached hydrogens (primary N) is 1. The van der Waals surface area contributed by atoms with Gasteiger partial charge in [0.2, 0.25) is 10.0 Å². The van der Waals surface area contributed by atoms with Gasteiger partial charge >= 0.3 is 12.2 Å². The molecule has 0 spiro atoms. The third kappa shape index (κ3) is 12.2. The Morgan fingerprint density at radius 3 is 1.91 bits per heavy atom. The SMILES string of the molecule is C=CCOC(=O)N(CCCN)CCCCN(CCCN(Cc1ccccc1Br)S(=O)(=O)c1ccccc1[N+](=O)[O-])C(=O)OCC=C. The van der Waals surface area contributed by atoms with Crippen molar-refractivity contribution < 1.29 is 32.4 Å². The van der Waals surface area contributed by atoms with Crippen molar-refractivity contribution in [2.75, 3.05) is 52.5 Å². The van der Waals surface area contributed by atoms with Gasteiger partial charge in [0.15, 0.2) is 4.90 Å². The van der Waals surface area contributed by atoms with Crippen LogP contribution in [0.15, 0.2) is 83.2 Å². The number of ether oxygens (including phenoxy) is 2. The first-order valence-electron chi connectivity index (χ1n) is 14.8. The number of hydrogen-bond acceptors (Lipinski definition) is 9. The lowest BCUT2D eigenvalue weighted by Crippen LogP contribution is -2.38. The van der Waals surface area contributed by atoms with Gasteiger partial charge in [-0.05, 0) is 49.9 Å². The third-order valence-electron chi connectivity index (χ3n) is 6.72. The van der Waals surface area contributed by atoms with E-state index < -0.39 is 37.7 Å². The molecule has 0 fully saturated rings. The lowest BCUT2D eigenvalue weighted by molar-refractivity contribution is -0.387. The maximum atomic E-state index is 13.8. The highest BCUT2D eigenvalue weighted by Crippen LogP contribution is 2.29. The van der Waals surface area contributed by atoms with Gasteiger partial charge in [-0.1, -0.05) is 71.6 Å². The molecule has 2 N–H and O–H groups in total. The minimum atomic E-state index is -4.32. The highest BCUT2D eigenvalue weighted by molar-refractivity contribution is 9.10. The van der Waals surface area contributed by atoms with Gasteiger partial charge in [0.1, 0.15) is 13.2 Å². The van der Waals surface area contributed by atoms with Gasteiger partial charge in [0.25, 0.3) is 5.69 Å². The van der Waals surface area contributed by atoms with Gasteiger partial charge in [-0.25, -0.2) is 18.0 Å². The smallest absolute Gasteiger partial charge is 0.410 e. The van der Waals surface area contributed by atoms with Gasteiger partial charge in [-0.3, -0.25) is 10.1 Å². The average molecular weight is 725 g/mol. The Hall–Kier alpha value is -3.79. The molecule has 0 aliphatic heterocycles. The monoisotopic (exact) mass is 723 g/mol. The summed E-state index contributed by atoms with van der Waals surface area (Å²) in [5.74, 6) is 0. The van der Waals surface area contributed by atoms with Crippen molar-refractivity contribution in [3.05, 3.63) is 94.0 Å². The van der Waals surface area contributed by atoms with Crippen LogP contribution in [0.2, 0.25) is 0 Å². The highest BCUT2D eigenvalue weighted by atomic mass is 79.9. The van der Waals surface area contributed by atoms with Crippen molar-refractivity contribution in [2.24, 2.45) is 5.73 Å². The normalized spacial score (nSPS) is 11.1. The van der Waals surface area contributed by atoms with Crippen molar-refractivity contribution in [1.29, 1.82) is 0 Å². The number of nitrogens with zero attached hydrogens (tertiary/aromatic N) is 4. The van der Waals surface area contributed by atoms with E-state index in [9.17, 15) is 28.1 Å². The lowest BCUT2D eigenvalue weighted by Gasteiger charge is -2.26. The Morgan fingerprint density at radius 2 is 1.37 bits per heavy atom. The van der Waals surface area contributed by atoms with Crippen LogP contribution in [0.4, 0.5) is 15.3 Å². The van der Waals surface area contributed by atoms with Crippen LogP contribution < -0.4 is 5.73 Å². The number of amides is 2. The molecule has 0 aliphatic carbocycles. The van der Waals surface area contributed by atoms with Crippen LogP contribution in [0, 0.1) is 10.1 Å². The van der Waals surface area contributed by atoms with E-state index in [1.54, 1.807) is 29.2 Å². The third-order valence-corrected chi connectivity index (χ3v) is 9.39. The van der Waals surface area contributed by atoms with Crippen LogP contribution in [-0.2, 0) is 26.0 Å². The first-order chi connectivity index (χ1) is 22.1. The first-order valence-corrected chi connectivity index (χ1v) is 17.0. The zero-order valence-corrected chi connectivity index (χ0v) is 28.2. The molecule has 0 aliphatic rings. The molecule has 0 aromatic heterocycles. The van der Waals surface area contributed by atoms with Crippen molar-refractivity contribution in [3.8, 4) is 0 Å². The maximum absolute atomic E-state index is 13.8. The molecule has 0 saturated carbocycles. The molecule has 15 heteroatoms. The number of hydrogen-bond donors (Lipinski definition) is 1. The topological polar surface area (TPSA) is 166 Å². The molecule has 0 bridgehead atoms. The standard InChI is InChI=1S/C31H42BrN5O8S/c1-3-23-44-30(38)34(20-11-17-33)18-9-10-19-35(31(39)45-24-4-2)21-12-22-36(25-26-13-5-6-14-27(26)32)46(42,43)29-16-8-7-15-28(29)37(40)41/h3-8,13-16H,1-2,9-12,17-25,33H2. The molecule has 0 radical (unpaired) electrons. The minimum Gasteiger partial charge on any atom is -0.445 e. The molecule has 0 unspecified atom stereocenters. The van der Waals surface area contributed by atoms with Crippen LogP contribution in [-0.4, -0.2) is 92.1 Å². The van der Waals surface area contributed by atoms with E-state index in [4.69, 9.17) is 15.2 Å². The number of rotatable bonds is 21. The van der Waals surface area contributed by atoms with Gasteiger partial charge < -0.3 is 25.0 Å². The van der Waals surface area contributed by atoms with E-state index >= 15 is 0 Å². The summed E-state index contributed by atoms with van der Waals surface area (Å²) in [5, 5.41) is 11.7. The predicted molar refractivity (Wildman–Crippen MR) is 179 cm³/mol. The second-order valence-electron chi connectivity index (χ2n) is 10.1. The van der Waals surface area contributed by atoms with Crippen LogP contribution >= 0.6 is 15.9 Å². The molecule has 0 atom stereocenters. The van der Waals surface area contributed by atoms with Gasteiger partial charge in [0.05, 0.1) is 4.92 Å². The Kier molecular flexibility index (Phi) is 17.0. The van der Waals surface area contributed by atoms with E-state index in [1.807, 2.05) is 0 Å². The average Bonchev–Trinajstić information content (AvgIpc) is 3.04.